The average Bonchev–Trinajstić information content (AvgIpc) is 2.96. The van der Waals surface area contributed by atoms with E-state index in [9.17, 15) is 9.59 Å². The van der Waals surface area contributed by atoms with Crippen LogP contribution >= 0.6 is 11.6 Å². The number of furan rings is 1. The zero-order chi connectivity index (χ0) is 16.8. The van der Waals surface area contributed by atoms with Crippen molar-refractivity contribution >= 4 is 29.8 Å². The Bertz CT molecular complexity index is 755. The number of nitrogens with one attached hydrogen (secondary N) is 2. The molecule has 2 rings (SSSR count). The van der Waals surface area contributed by atoms with E-state index in [2.05, 4.69) is 15.8 Å². The number of carbonyl (C=O) groups is 2. The summed E-state index contributed by atoms with van der Waals surface area (Å²) in [6.45, 7) is 2.29. The number of carboxylic acid groups (broad SMARTS) is 1. The van der Waals surface area contributed by atoms with Crippen molar-refractivity contribution in [3.63, 3.8) is 0 Å². The van der Waals surface area contributed by atoms with Gasteiger partial charge in [-0.1, -0.05) is 17.7 Å². The standard InChI is InChI=1S/C15H14ClN3O4/c1-2-17-15(22)19-18-8-10-4-6-13(23-10)9-3-5-11(14(20)21)12(16)7-9/h3-8H,2H2,1H3,(H,20,21)(H2,17,19,22). The van der Waals surface area contributed by atoms with Gasteiger partial charge in [-0.2, -0.15) is 5.10 Å². The smallest absolute Gasteiger partial charge is 0.337 e. The van der Waals surface area contributed by atoms with E-state index in [0.717, 1.165) is 0 Å². The summed E-state index contributed by atoms with van der Waals surface area (Å²) in [7, 11) is 0. The molecule has 0 radical (unpaired) electrons. The van der Waals surface area contributed by atoms with Crippen molar-refractivity contribution in [3.8, 4) is 11.3 Å². The maximum Gasteiger partial charge on any atom is 0.337 e. The van der Waals surface area contributed by atoms with Gasteiger partial charge in [-0.25, -0.2) is 15.0 Å². The van der Waals surface area contributed by atoms with Crippen LogP contribution in [-0.4, -0.2) is 29.9 Å². The van der Waals surface area contributed by atoms with Crippen molar-refractivity contribution in [2.75, 3.05) is 6.54 Å². The van der Waals surface area contributed by atoms with Crippen LogP contribution in [-0.2, 0) is 0 Å². The second-order valence-corrected chi connectivity index (χ2v) is 4.84. The van der Waals surface area contributed by atoms with Crippen molar-refractivity contribution in [1.29, 1.82) is 0 Å². The van der Waals surface area contributed by atoms with Crippen molar-refractivity contribution in [2.24, 2.45) is 5.10 Å². The molecule has 3 N–H and O–H groups in total. The molecule has 1 aromatic carbocycles. The Morgan fingerprint density at radius 3 is 2.78 bits per heavy atom. The highest BCUT2D eigenvalue weighted by molar-refractivity contribution is 6.33. The summed E-state index contributed by atoms with van der Waals surface area (Å²) in [5.41, 5.74) is 2.94. The van der Waals surface area contributed by atoms with Crippen LogP contribution in [0, 0.1) is 0 Å². The van der Waals surface area contributed by atoms with Gasteiger partial charge in [-0.05, 0) is 31.2 Å². The highest BCUT2D eigenvalue weighted by Gasteiger charge is 2.11. The second-order valence-electron chi connectivity index (χ2n) is 4.43. The molecule has 0 aliphatic heterocycles. The first-order valence-electron chi connectivity index (χ1n) is 6.71. The van der Waals surface area contributed by atoms with Crippen LogP contribution in [0.5, 0.6) is 0 Å². The van der Waals surface area contributed by atoms with Gasteiger partial charge in [0.1, 0.15) is 11.5 Å². The molecule has 0 bridgehead atoms. The number of halogens is 1. The SMILES string of the molecule is CCNC(=O)NN=Cc1ccc(-c2ccc(C(=O)O)c(Cl)c2)o1. The van der Waals surface area contributed by atoms with Gasteiger partial charge in [-0.3, -0.25) is 0 Å². The van der Waals surface area contributed by atoms with E-state index < -0.39 is 12.0 Å². The Morgan fingerprint density at radius 1 is 1.35 bits per heavy atom. The summed E-state index contributed by atoms with van der Waals surface area (Å²) in [6.07, 6.45) is 1.35. The molecular weight excluding hydrogens is 322 g/mol. The summed E-state index contributed by atoms with van der Waals surface area (Å²) in [4.78, 5) is 22.1. The number of urea groups is 1. The molecule has 2 amide bonds. The zero-order valence-corrected chi connectivity index (χ0v) is 12.9. The van der Waals surface area contributed by atoms with E-state index in [4.69, 9.17) is 21.1 Å². The van der Waals surface area contributed by atoms with Gasteiger partial charge in [0.15, 0.2) is 0 Å². The summed E-state index contributed by atoms with van der Waals surface area (Å²) in [5.74, 6) is -0.163. The van der Waals surface area contributed by atoms with Gasteiger partial charge in [-0.15, -0.1) is 0 Å². The molecule has 8 heteroatoms. The van der Waals surface area contributed by atoms with E-state index >= 15 is 0 Å². The largest absolute Gasteiger partial charge is 0.478 e. The van der Waals surface area contributed by atoms with Crippen LogP contribution < -0.4 is 10.7 Å². The third kappa shape index (κ3) is 4.33. The number of benzene rings is 1. The second kappa shape index (κ2) is 7.46. The summed E-state index contributed by atoms with van der Waals surface area (Å²) >= 11 is 5.93. The Hall–Kier alpha value is -2.80. The number of hydrazone groups is 1. The molecule has 0 fully saturated rings. The minimum atomic E-state index is -1.09. The number of amides is 2. The molecule has 0 aliphatic carbocycles. The predicted octanol–water partition coefficient (Wildman–Crippen LogP) is 2.95. The number of hydrogen-bond acceptors (Lipinski definition) is 4. The minimum absolute atomic E-state index is 0.0231. The first kappa shape index (κ1) is 16.6. The van der Waals surface area contributed by atoms with Crippen LogP contribution in [0.1, 0.15) is 23.0 Å². The number of rotatable bonds is 5. The Kier molecular flexibility index (Phi) is 5.37. The summed E-state index contributed by atoms with van der Waals surface area (Å²) in [6, 6.07) is 7.47. The fraction of sp³-hybridized carbons (Fsp3) is 0.133. The third-order valence-electron chi connectivity index (χ3n) is 2.81. The molecule has 120 valence electrons. The molecule has 0 unspecified atom stereocenters. The molecule has 0 spiro atoms. The highest BCUT2D eigenvalue weighted by Crippen LogP contribution is 2.27. The van der Waals surface area contributed by atoms with Gasteiger partial charge in [0.2, 0.25) is 0 Å². The van der Waals surface area contributed by atoms with Crippen molar-refractivity contribution < 1.29 is 19.1 Å². The van der Waals surface area contributed by atoms with Gasteiger partial charge < -0.3 is 14.8 Å². The maximum absolute atomic E-state index is 11.2. The van der Waals surface area contributed by atoms with Crippen LogP contribution in [0.25, 0.3) is 11.3 Å². The first-order valence-corrected chi connectivity index (χ1v) is 7.09. The van der Waals surface area contributed by atoms with Crippen LogP contribution in [0.3, 0.4) is 0 Å². The lowest BCUT2D eigenvalue weighted by molar-refractivity contribution is 0.0697. The Morgan fingerprint density at radius 2 is 2.13 bits per heavy atom. The predicted molar refractivity (Wildman–Crippen MR) is 85.9 cm³/mol. The molecule has 1 aromatic heterocycles. The quantitative estimate of drug-likeness (QED) is 0.577. The maximum atomic E-state index is 11.2. The molecule has 1 heterocycles. The molecule has 23 heavy (non-hydrogen) atoms. The van der Waals surface area contributed by atoms with Crippen molar-refractivity contribution in [3.05, 3.63) is 46.7 Å². The average molecular weight is 336 g/mol. The molecule has 0 saturated heterocycles. The van der Waals surface area contributed by atoms with Crippen LogP contribution in [0.2, 0.25) is 5.02 Å². The lowest BCUT2D eigenvalue weighted by Gasteiger charge is -2.01. The monoisotopic (exact) mass is 335 g/mol. The molecule has 0 atom stereocenters. The normalized spacial score (nSPS) is 10.7. The summed E-state index contributed by atoms with van der Waals surface area (Å²) in [5, 5.41) is 15.3. The lowest BCUT2D eigenvalue weighted by atomic mass is 10.1. The topological polar surface area (TPSA) is 104 Å². The Labute approximate surface area is 136 Å². The van der Waals surface area contributed by atoms with E-state index in [1.165, 1.54) is 18.3 Å². The third-order valence-corrected chi connectivity index (χ3v) is 3.12. The minimum Gasteiger partial charge on any atom is -0.478 e. The number of nitrogens with zero attached hydrogens (tertiary/aromatic N) is 1. The van der Waals surface area contributed by atoms with Crippen molar-refractivity contribution in [1.82, 2.24) is 10.7 Å². The van der Waals surface area contributed by atoms with Gasteiger partial charge in [0, 0.05) is 12.1 Å². The number of carboxylic acids is 1. The Balaban J connectivity index is 2.10. The number of aromatic carboxylic acids is 1. The van der Waals surface area contributed by atoms with Gasteiger partial charge in [0.05, 0.1) is 16.8 Å². The molecular formula is C15H14ClN3O4. The number of carbonyl (C=O) groups excluding carboxylic acids is 1. The van der Waals surface area contributed by atoms with E-state index in [-0.39, 0.29) is 10.6 Å². The van der Waals surface area contributed by atoms with Crippen molar-refractivity contribution in [2.45, 2.75) is 6.92 Å². The summed E-state index contributed by atoms with van der Waals surface area (Å²) < 4.78 is 5.54. The van der Waals surface area contributed by atoms with Crippen LogP contribution in [0.4, 0.5) is 4.79 Å². The van der Waals surface area contributed by atoms with Gasteiger partial charge in [0.25, 0.3) is 0 Å². The van der Waals surface area contributed by atoms with Gasteiger partial charge >= 0.3 is 12.0 Å². The molecule has 0 aliphatic rings. The lowest BCUT2D eigenvalue weighted by Crippen LogP contribution is -2.31. The zero-order valence-electron chi connectivity index (χ0n) is 12.2. The molecule has 0 saturated carbocycles. The van der Waals surface area contributed by atoms with E-state index in [1.807, 2.05) is 0 Å². The van der Waals surface area contributed by atoms with E-state index in [1.54, 1.807) is 25.1 Å². The molecule has 7 nitrogen and oxygen atoms in total. The highest BCUT2D eigenvalue weighted by atomic mass is 35.5. The fourth-order valence-corrected chi connectivity index (χ4v) is 2.04. The van der Waals surface area contributed by atoms with Crippen LogP contribution in [0.15, 0.2) is 39.9 Å². The fourth-order valence-electron chi connectivity index (χ4n) is 1.77. The van der Waals surface area contributed by atoms with E-state index in [0.29, 0.717) is 23.6 Å². The number of hydrogen-bond donors (Lipinski definition) is 3. The first-order chi connectivity index (χ1) is 11.0. The molecule has 2 aromatic rings.